The summed E-state index contributed by atoms with van der Waals surface area (Å²) in [6.07, 6.45) is 0. The van der Waals surface area contributed by atoms with Gasteiger partial charge in [-0.1, -0.05) is 0 Å². The maximum atomic E-state index is 12.1. The third kappa shape index (κ3) is 2.04. The standard InChI is InChI=1S/C12H12N6O2/c13-6-7-5-8-10(15-9(7)14)16-12(17-11(8)19)18-1-3-20-4-2-18/h5H,1-4H2,(H3,14,15,16,17,19). The number of morpholine rings is 1. The lowest BCUT2D eigenvalue weighted by atomic mass is 10.2. The van der Waals surface area contributed by atoms with E-state index in [1.165, 1.54) is 6.07 Å². The van der Waals surface area contributed by atoms with Crippen molar-refractivity contribution in [1.82, 2.24) is 15.0 Å². The zero-order chi connectivity index (χ0) is 14.1. The Labute approximate surface area is 113 Å². The van der Waals surface area contributed by atoms with Crippen molar-refractivity contribution in [2.45, 2.75) is 0 Å². The lowest BCUT2D eigenvalue weighted by molar-refractivity contribution is 0.122. The van der Waals surface area contributed by atoms with E-state index in [1.807, 2.05) is 11.0 Å². The first kappa shape index (κ1) is 12.4. The molecule has 3 N–H and O–H groups in total. The Hall–Kier alpha value is -2.66. The van der Waals surface area contributed by atoms with Crippen LogP contribution in [0.1, 0.15) is 5.56 Å². The molecule has 1 fully saturated rings. The van der Waals surface area contributed by atoms with E-state index < -0.39 is 0 Å². The molecule has 0 unspecified atom stereocenters. The molecule has 0 saturated carbocycles. The minimum atomic E-state index is -0.333. The average Bonchev–Trinajstić information content (AvgIpc) is 2.47. The summed E-state index contributed by atoms with van der Waals surface area (Å²) in [4.78, 5) is 25.0. The number of H-pyrrole nitrogens is 1. The first-order valence-corrected chi connectivity index (χ1v) is 6.12. The van der Waals surface area contributed by atoms with Gasteiger partial charge in [-0.3, -0.25) is 9.78 Å². The van der Waals surface area contributed by atoms with E-state index in [9.17, 15) is 4.79 Å². The summed E-state index contributed by atoms with van der Waals surface area (Å²) in [5.41, 5.74) is 5.74. The number of nitriles is 1. The van der Waals surface area contributed by atoms with Gasteiger partial charge in [0.2, 0.25) is 5.95 Å². The molecule has 2 aromatic heterocycles. The van der Waals surface area contributed by atoms with Gasteiger partial charge in [0.25, 0.3) is 5.56 Å². The number of fused-ring (bicyclic) bond motifs is 1. The molecular formula is C12H12N6O2. The van der Waals surface area contributed by atoms with E-state index in [1.54, 1.807) is 0 Å². The number of aromatic amines is 1. The zero-order valence-electron chi connectivity index (χ0n) is 10.6. The first-order chi connectivity index (χ1) is 9.69. The smallest absolute Gasteiger partial charge is 0.261 e. The van der Waals surface area contributed by atoms with Crippen molar-refractivity contribution in [3.05, 3.63) is 22.0 Å². The largest absolute Gasteiger partial charge is 0.383 e. The summed E-state index contributed by atoms with van der Waals surface area (Å²) in [6, 6.07) is 3.31. The van der Waals surface area contributed by atoms with Gasteiger partial charge >= 0.3 is 0 Å². The Balaban J connectivity index is 2.14. The molecule has 0 amide bonds. The molecule has 0 radical (unpaired) electrons. The van der Waals surface area contributed by atoms with Crippen molar-refractivity contribution in [2.24, 2.45) is 0 Å². The fraction of sp³-hybridized carbons (Fsp3) is 0.333. The molecule has 8 heteroatoms. The highest BCUT2D eigenvalue weighted by Gasteiger charge is 2.16. The summed E-state index contributed by atoms with van der Waals surface area (Å²) in [5, 5.41) is 9.16. The third-order valence-electron chi connectivity index (χ3n) is 3.14. The molecule has 0 aromatic carbocycles. The third-order valence-corrected chi connectivity index (χ3v) is 3.14. The molecule has 3 rings (SSSR count). The first-order valence-electron chi connectivity index (χ1n) is 6.12. The number of pyridine rings is 1. The Morgan fingerprint density at radius 1 is 1.40 bits per heavy atom. The fourth-order valence-corrected chi connectivity index (χ4v) is 2.08. The van der Waals surface area contributed by atoms with E-state index in [2.05, 4.69) is 15.0 Å². The molecule has 3 heterocycles. The number of rotatable bonds is 1. The molecule has 0 spiro atoms. The van der Waals surface area contributed by atoms with Gasteiger partial charge in [0.05, 0.1) is 24.2 Å². The van der Waals surface area contributed by atoms with Gasteiger partial charge < -0.3 is 15.4 Å². The number of hydrogen-bond donors (Lipinski definition) is 2. The van der Waals surface area contributed by atoms with Gasteiger partial charge in [-0.15, -0.1) is 0 Å². The second kappa shape index (κ2) is 4.79. The van der Waals surface area contributed by atoms with Crippen LogP contribution in [0.4, 0.5) is 11.8 Å². The van der Waals surface area contributed by atoms with Crippen LogP contribution >= 0.6 is 0 Å². The number of nitrogens with zero attached hydrogens (tertiary/aromatic N) is 4. The molecule has 2 aromatic rings. The average molecular weight is 272 g/mol. The minimum absolute atomic E-state index is 0.0750. The number of ether oxygens (including phenoxy) is 1. The van der Waals surface area contributed by atoms with Crippen molar-refractivity contribution in [2.75, 3.05) is 36.9 Å². The summed E-state index contributed by atoms with van der Waals surface area (Å²) < 4.78 is 5.26. The Morgan fingerprint density at radius 3 is 2.85 bits per heavy atom. The van der Waals surface area contributed by atoms with Crippen molar-refractivity contribution < 1.29 is 4.74 Å². The van der Waals surface area contributed by atoms with Gasteiger partial charge in [0, 0.05) is 13.1 Å². The van der Waals surface area contributed by atoms with Crippen LogP contribution in [0, 0.1) is 11.3 Å². The maximum absolute atomic E-state index is 12.1. The maximum Gasteiger partial charge on any atom is 0.261 e. The van der Waals surface area contributed by atoms with Crippen LogP contribution in [-0.4, -0.2) is 41.3 Å². The molecule has 0 atom stereocenters. The molecule has 102 valence electrons. The van der Waals surface area contributed by atoms with Crippen LogP contribution in [-0.2, 0) is 4.74 Å². The van der Waals surface area contributed by atoms with Crippen LogP contribution in [0.3, 0.4) is 0 Å². The van der Waals surface area contributed by atoms with E-state index in [-0.39, 0.29) is 28.0 Å². The van der Waals surface area contributed by atoms with Gasteiger partial charge in [-0.2, -0.15) is 10.2 Å². The lowest BCUT2D eigenvalue weighted by Gasteiger charge is -2.27. The van der Waals surface area contributed by atoms with Crippen LogP contribution in [0.15, 0.2) is 10.9 Å². The van der Waals surface area contributed by atoms with Gasteiger partial charge in [-0.25, -0.2) is 4.98 Å². The highest BCUT2D eigenvalue weighted by Crippen LogP contribution is 2.16. The van der Waals surface area contributed by atoms with E-state index in [4.69, 9.17) is 15.7 Å². The second-order valence-electron chi connectivity index (χ2n) is 4.39. The van der Waals surface area contributed by atoms with Crippen LogP contribution < -0.4 is 16.2 Å². The molecule has 0 aliphatic carbocycles. The summed E-state index contributed by atoms with van der Waals surface area (Å²) in [5.74, 6) is 0.522. The van der Waals surface area contributed by atoms with Crippen molar-refractivity contribution in [1.29, 1.82) is 5.26 Å². The normalized spacial score (nSPS) is 15.2. The summed E-state index contributed by atoms with van der Waals surface area (Å²) in [7, 11) is 0. The molecule has 1 saturated heterocycles. The number of anilines is 2. The lowest BCUT2D eigenvalue weighted by Crippen LogP contribution is -2.38. The van der Waals surface area contributed by atoms with E-state index in [0.717, 1.165) is 0 Å². The van der Waals surface area contributed by atoms with Crippen molar-refractivity contribution in [3.63, 3.8) is 0 Å². The van der Waals surface area contributed by atoms with Crippen LogP contribution in [0.25, 0.3) is 11.0 Å². The highest BCUT2D eigenvalue weighted by molar-refractivity contribution is 5.79. The molecular weight excluding hydrogens is 260 g/mol. The molecule has 8 nitrogen and oxygen atoms in total. The topological polar surface area (TPSA) is 121 Å². The predicted octanol–water partition coefficient (Wildman–Crippen LogP) is -0.391. The monoisotopic (exact) mass is 272 g/mol. The van der Waals surface area contributed by atoms with E-state index in [0.29, 0.717) is 32.3 Å². The second-order valence-corrected chi connectivity index (χ2v) is 4.39. The predicted molar refractivity (Wildman–Crippen MR) is 72.3 cm³/mol. The highest BCUT2D eigenvalue weighted by atomic mass is 16.5. The molecule has 20 heavy (non-hydrogen) atoms. The van der Waals surface area contributed by atoms with Crippen LogP contribution in [0.2, 0.25) is 0 Å². The van der Waals surface area contributed by atoms with Crippen molar-refractivity contribution in [3.8, 4) is 6.07 Å². The number of aromatic nitrogens is 3. The zero-order valence-corrected chi connectivity index (χ0v) is 10.6. The number of hydrogen-bond acceptors (Lipinski definition) is 7. The van der Waals surface area contributed by atoms with Crippen LogP contribution in [0.5, 0.6) is 0 Å². The molecule has 0 bridgehead atoms. The Morgan fingerprint density at radius 2 is 2.15 bits per heavy atom. The molecule has 1 aliphatic heterocycles. The number of nitrogen functional groups attached to an aromatic ring is 1. The van der Waals surface area contributed by atoms with Gasteiger partial charge in [0.1, 0.15) is 11.9 Å². The molecule has 1 aliphatic rings. The number of nitrogens with two attached hydrogens (primary N) is 1. The van der Waals surface area contributed by atoms with E-state index >= 15 is 0 Å². The Kier molecular flexibility index (Phi) is 2.96. The quantitative estimate of drug-likeness (QED) is 0.725. The van der Waals surface area contributed by atoms with Gasteiger partial charge in [0.15, 0.2) is 5.65 Å². The minimum Gasteiger partial charge on any atom is -0.383 e. The number of nitrogens with one attached hydrogen (secondary N) is 1. The Bertz CT molecular complexity index is 757. The van der Waals surface area contributed by atoms with Crippen molar-refractivity contribution >= 4 is 22.8 Å². The fourth-order valence-electron chi connectivity index (χ4n) is 2.08. The SMILES string of the molecule is N#Cc1cc2c(=O)[nH]c(N3CCOCC3)nc2nc1N. The summed E-state index contributed by atoms with van der Waals surface area (Å²) >= 11 is 0. The summed E-state index contributed by atoms with van der Waals surface area (Å²) in [6.45, 7) is 2.48. The van der Waals surface area contributed by atoms with Gasteiger partial charge in [-0.05, 0) is 6.07 Å².